The summed E-state index contributed by atoms with van der Waals surface area (Å²) in [7, 11) is 0. The van der Waals surface area contributed by atoms with Crippen molar-refractivity contribution in [3.63, 3.8) is 0 Å². The number of aromatic nitrogens is 2. The second-order valence-electron chi connectivity index (χ2n) is 6.64. The van der Waals surface area contributed by atoms with Gasteiger partial charge in [0.15, 0.2) is 0 Å². The SMILES string of the molecule is O=C(c1cc(-c2ccncc2)nc2ccccc12)N1CCc2ccccc21. The minimum atomic E-state index is 0.0221. The molecule has 2 aromatic carbocycles. The lowest BCUT2D eigenvalue weighted by Gasteiger charge is -2.19. The van der Waals surface area contributed by atoms with Gasteiger partial charge in [-0.2, -0.15) is 0 Å². The van der Waals surface area contributed by atoms with Gasteiger partial charge in [0.1, 0.15) is 0 Å². The van der Waals surface area contributed by atoms with Crippen molar-refractivity contribution < 1.29 is 4.79 Å². The number of hydrogen-bond donors (Lipinski definition) is 0. The summed E-state index contributed by atoms with van der Waals surface area (Å²) in [5.74, 6) is 0.0221. The van der Waals surface area contributed by atoms with Crippen LogP contribution in [-0.2, 0) is 6.42 Å². The summed E-state index contributed by atoms with van der Waals surface area (Å²) in [6.07, 6.45) is 4.37. The highest BCUT2D eigenvalue weighted by Crippen LogP contribution is 2.31. The van der Waals surface area contributed by atoms with Crippen LogP contribution in [0.2, 0.25) is 0 Å². The van der Waals surface area contributed by atoms with E-state index in [9.17, 15) is 4.79 Å². The Morgan fingerprint density at radius 3 is 2.59 bits per heavy atom. The van der Waals surface area contributed by atoms with Crippen molar-refractivity contribution in [2.24, 2.45) is 0 Å². The molecule has 3 heterocycles. The van der Waals surface area contributed by atoms with Crippen LogP contribution in [0.3, 0.4) is 0 Å². The van der Waals surface area contributed by atoms with E-state index in [2.05, 4.69) is 11.1 Å². The number of pyridine rings is 2. The Kier molecular flexibility index (Phi) is 3.68. The number of para-hydroxylation sites is 2. The summed E-state index contributed by atoms with van der Waals surface area (Å²) in [5.41, 5.74) is 5.47. The van der Waals surface area contributed by atoms with Crippen LogP contribution in [0.25, 0.3) is 22.2 Å². The fraction of sp³-hybridized carbons (Fsp3) is 0.0870. The predicted octanol–water partition coefficient (Wildman–Crippen LogP) is 4.50. The quantitative estimate of drug-likeness (QED) is 0.534. The van der Waals surface area contributed by atoms with E-state index in [0.717, 1.165) is 34.3 Å². The number of amides is 1. The lowest BCUT2D eigenvalue weighted by atomic mass is 10.0. The number of carbonyl (C=O) groups is 1. The first-order valence-electron chi connectivity index (χ1n) is 9.01. The standard InChI is InChI=1S/C23H17N3O/c27-23(26-14-11-17-5-1-4-8-22(17)26)19-15-21(16-9-12-24-13-10-16)25-20-7-3-2-6-18(19)20/h1-10,12-13,15H,11,14H2. The lowest BCUT2D eigenvalue weighted by Crippen LogP contribution is -2.29. The number of carbonyl (C=O) groups excluding carboxylic acids is 1. The van der Waals surface area contributed by atoms with Crippen LogP contribution in [-0.4, -0.2) is 22.4 Å². The minimum Gasteiger partial charge on any atom is -0.308 e. The molecule has 0 radical (unpaired) electrons. The molecule has 0 bridgehead atoms. The summed E-state index contributed by atoms with van der Waals surface area (Å²) in [6.45, 7) is 0.708. The van der Waals surface area contributed by atoms with Gasteiger partial charge in [-0.15, -0.1) is 0 Å². The summed E-state index contributed by atoms with van der Waals surface area (Å²) >= 11 is 0. The zero-order chi connectivity index (χ0) is 18.2. The zero-order valence-electron chi connectivity index (χ0n) is 14.7. The molecule has 5 rings (SSSR count). The molecule has 0 atom stereocenters. The van der Waals surface area contributed by atoms with Crippen molar-refractivity contribution in [2.45, 2.75) is 6.42 Å². The van der Waals surface area contributed by atoms with Gasteiger partial charge in [0.05, 0.1) is 16.8 Å². The fourth-order valence-corrected chi connectivity index (χ4v) is 3.72. The van der Waals surface area contributed by atoms with Gasteiger partial charge >= 0.3 is 0 Å². The topological polar surface area (TPSA) is 46.1 Å². The van der Waals surface area contributed by atoms with Gasteiger partial charge in [-0.05, 0) is 42.3 Å². The van der Waals surface area contributed by atoms with E-state index in [4.69, 9.17) is 4.98 Å². The molecule has 4 heteroatoms. The number of anilines is 1. The van der Waals surface area contributed by atoms with Crippen LogP contribution < -0.4 is 4.90 Å². The first kappa shape index (κ1) is 15.7. The highest BCUT2D eigenvalue weighted by Gasteiger charge is 2.26. The summed E-state index contributed by atoms with van der Waals surface area (Å²) in [6, 6.07) is 21.7. The smallest absolute Gasteiger partial charge is 0.259 e. The van der Waals surface area contributed by atoms with Crippen LogP contribution in [0.15, 0.2) is 79.1 Å². The van der Waals surface area contributed by atoms with Crippen molar-refractivity contribution >= 4 is 22.5 Å². The Morgan fingerprint density at radius 2 is 1.70 bits per heavy atom. The Hall–Kier alpha value is -3.53. The molecule has 0 saturated heterocycles. The van der Waals surface area contributed by atoms with Crippen LogP contribution >= 0.6 is 0 Å². The molecule has 0 aliphatic carbocycles. The molecule has 130 valence electrons. The van der Waals surface area contributed by atoms with Crippen LogP contribution in [0.4, 0.5) is 5.69 Å². The van der Waals surface area contributed by atoms with Gasteiger partial charge in [-0.1, -0.05) is 36.4 Å². The Balaban J connectivity index is 1.67. The second-order valence-corrected chi connectivity index (χ2v) is 6.64. The average molecular weight is 351 g/mol. The van der Waals surface area contributed by atoms with Crippen LogP contribution in [0, 0.1) is 0 Å². The number of rotatable bonds is 2. The normalized spacial score (nSPS) is 13.0. The molecule has 2 aromatic heterocycles. The maximum Gasteiger partial charge on any atom is 0.259 e. The minimum absolute atomic E-state index is 0.0221. The molecule has 0 unspecified atom stereocenters. The number of hydrogen-bond acceptors (Lipinski definition) is 3. The van der Waals surface area contributed by atoms with Crippen LogP contribution in [0.5, 0.6) is 0 Å². The fourth-order valence-electron chi connectivity index (χ4n) is 3.72. The maximum absolute atomic E-state index is 13.5. The van der Waals surface area contributed by atoms with E-state index >= 15 is 0 Å². The van der Waals surface area contributed by atoms with Crippen molar-refractivity contribution in [1.29, 1.82) is 0 Å². The van der Waals surface area contributed by atoms with Gasteiger partial charge in [-0.3, -0.25) is 9.78 Å². The third-order valence-corrected chi connectivity index (χ3v) is 5.05. The molecule has 0 saturated carbocycles. The second kappa shape index (κ2) is 6.32. The van der Waals surface area contributed by atoms with Crippen molar-refractivity contribution in [3.05, 3.63) is 90.3 Å². The molecule has 0 fully saturated rings. The molecular weight excluding hydrogens is 334 g/mol. The summed E-state index contributed by atoms with van der Waals surface area (Å²) in [5, 5.41) is 0.879. The number of benzene rings is 2. The molecule has 4 aromatic rings. The number of fused-ring (bicyclic) bond motifs is 2. The first-order chi connectivity index (χ1) is 13.3. The van der Waals surface area contributed by atoms with E-state index in [1.807, 2.05) is 65.6 Å². The van der Waals surface area contributed by atoms with Gasteiger partial charge in [0.25, 0.3) is 5.91 Å². The van der Waals surface area contributed by atoms with Crippen molar-refractivity contribution in [1.82, 2.24) is 9.97 Å². The van der Waals surface area contributed by atoms with E-state index < -0.39 is 0 Å². The first-order valence-corrected chi connectivity index (χ1v) is 9.01. The van der Waals surface area contributed by atoms with E-state index in [1.165, 1.54) is 5.56 Å². The van der Waals surface area contributed by atoms with Crippen molar-refractivity contribution in [2.75, 3.05) is 11.4 Å². The average Bonchev–Trinajstić information content (AvgIpc) is 3.17. The largest absolute Gasteiger partial charge is 0.308 e. The van der Waals surface area contributed by atoms with E-state index in [0.29, 0.717) is 12.1 Å². The Morgan fingerprint density at radius 1 is 0.926 bits per heavy atom. The van der Waals surface area contributed by atoms with E-state index in [1.54, 1.807) is 12.4 Å². The third-order valence-electron chi connectivity index (χ3n) is 5.05. The molecule has 27 heavy (non-hydrogen) atoms. The highest BCUT2D eigenvalue weighted by atomic mass is 16.2. The van der Waals surface area contributed by atoms with Crippen molar-refractivity contribution in [3.8, 4) is 11.3 Å². The molecule has 0 spiro atoms. The van der Waals surface area contributed by atoms with Gasteiger partial charge in [0, 0.05) is 35.6 Å². The Bertz CT molecular complexity index is 1150. The predicted molar refractivity (Wildman–Crippen MR) is 107 cm³/mol. The summed E-state index contributed by atoms with van der Waals surface area (Å²) < 4.78 is 0. The zero-order valence-corrected chi connectivity index (χ0v) is 14.7. The van der Waals surface area contributed by atoms with E-state index in [-0.39, 0.29) is 5.91 Å². The number of nitrogens with zero attached hydrogens (tertiary/aromatic N) is 3. The molecule has 1 amide bonds. The highest BCUT2D eigenvalue weighted by molar-refractivity contribution is 6.15. The maximum atomic E-state index is 13.5. The molecule has 1 aliphatic rings. The molecule has 0 N–H and O–H groups in total. The lowest BCUT2D eigenvalue weighted by molar-refractivity contribution is 0.0991. The molecular formula is C23H17N3O. The van der Waals surface area contributed by atoms with Gasteiger partial charge in [-0.25, -0.2) is 4.98 Å². The third kappa shape index (κ3) is 2.66. The van der Waals surface area contributed by atoms with Crippen LogP contribution in [0.1, 0.15) is 15.9 Å². The molecule has 1 aliphatic heterocycles. The Labute approximate surface area is 157 Å². The van der Waals surface area contributed by atoms with Gasteiger partial charge in [0.2, 0.25) is 0 Å². The monoisotopic (exact) mass is 351 g/mol. The molecule has 4 nitrogen and oxygen atoms in total. The summed E-state index contributed by atoms with van der Waals surface area (Å²) in [4.78, 5) is 24.2. The van der Waals surface area contributed by atoms with Gasteiger partial charge < -0.3 is 4.90 Å².